The minimum atomic E-state index is -1.12. The van der Waals surface area contributed by atoms with Gasteiger partial charge in [-0.3, -0.25) is 24.5 Å². The number of nitro groups is 1. The molecule has 128 valence electrons. The average molecular weight is 335 g/mol. The van der Waals surface area contributed by atoms with Crippen LogP contribution in [0.1, 0.15) is 30.1 Å². The number of nitro benzene ring substituents is 1. The molecule has 0 radical (unpaired) electrons. The van der Waals surface area contributed by atoms with Crippen molar-refractivity contribution in [3.8, 4) is 0 Å². The van der Waals surface area contributed by atoms with Crippen LogP contribution in [0.15, 0.2) is 24.3 Å². The molecule has 1 aromatic rings. The molecule has 2 amide bonds. The molecular weight excluding hydrogens is 318 g/mol. The normalized spacial score (nSPS) is 14.5. The van der Waals surface area contributed by atoms with Crippen molar-refractivity contribution in [3.63, 3.8) is 0 Å². The van der Waals surface area contributed by atoms with E-state index in [9.17, 15) is 24.5 Å². The van der Waals surface area contributed by atoms with Crippen molar-refractivity contribution < 1.29 is 24.4 Å². The highest BCUT2D eigenvalue weighted by Crippen LogP contribution is 2.27. The summed E-state index contributed by atoms with van der Waals surface area (Å²) >= 11 is 0. The van der Waals surface area contributed by atoms with E-state index in [0.29, 0.717) is 0 Å². The lowest BCUT2D eigenvalue weighted by Gasteiger charge is -2.24. The van der Waals surface area contributed by atoms with Gasteiger partial charge in [0.25, 0.3) is 11.6 Å². The minimum Gasteiger partial charge on any atom is -0.480 e. The number of hydrogen-bond acceptors (Lipinski definition) is 5. The van der Waals surface area contributed by atoms with Crippen molar-refractivity contribution >= 4 is 23.5 Å². The third-order valence-electron chi connectivity index (χ3n) is 3.61. The number of carbonyl (C=O) groups excluding carboxylic acids is 2. The Balaban J connectivity index is 2.04. The van der Waals surface area contributed by atoms with Crippen molar-refractivity contribution in [3.05, 3.63) is 39.9 Å². The molecule has 1 unspecified atom stereocenters. The third-order valence-corrected chi connectivity index (χ3v) is 3.61. The maximum Gasteiger partial charge on any atom is 0.323 e. The number of carboxylic acid groups (broad SMARTS) is 1. The molecule has 2 rings (SSSR count). The first kappa shape index (κ1) is 17.4. The van der Waals surface area contributed by atoms with Gasteiger partial charge in [0.15, 0.2) is 0 Å². The summed E-state index contributed by atoms with van der Waals surface area (Å²) in [6.45, 7) is 1.04. The lowest BCUT2D eigenvalue weighted by Crippen LogP contribution is -2.49. The molecule has 0 heterocycles. The Morgan fingerprint density at radius 3 is 2.62 bits per heavy atom. The van der Waals surface area contributed by atoms with E-state index in [-0.39, 0.29) is 17.3 Å². The van der Waals surface area contributed by atoms with Gasteiger partial charge in [0.1, 0.15) is 12.6 Å². The molecule has 9 nitrogen and oxygen atoms in total. The molecule has 0 bridgehead atoms. The summed E-state index contributed by atoms with van der Waals surface area (Å²) in [5.41, 5.74) is -0.174. The molecule has 1 saturated carbocycles. The molecule has 24 heavy (non-hydrogen) atoms. The van der Waals surface area contributed by atoms with Gasteiger partial charge in [0, 0.05) is 23.7 Å². The van der Waals surface area contributed by atoms with E-state index in [2.05, 4.69) is 5.32 Å². The monoisotopic (exact) mass is 335 g/mol. The van der Waals surface area contributed by atoms with Crippen molar-refractivity contribution in [1.29, 1.82) is 0 Å². The molecule has 1 aliphatic rings. The van der Waals surface area contributed by atoms with Gasteiger partial charge in [-0.05, 0) is 25.8 Å². The van der Waals surface area contributed by atoms with Crippen LogP contribution in [0, 0.1) is 10.1 Å². The van der Waals surface area contributed by atoms with Crippen LogP contribution < -0.4 is 5.32 Å². The van der Waals surface area contributed by atoms with Crippen LogP contribution in [-0.2, 0) is 9.59 Å². The second-order valence-corrected chi connectivity index (χ2v) is 5.59. The number of hydrogen-bond donors (Lipinski definition) is 2. The van der Waals surface area contributed by atoms with Crippen LogP contribution in [0.4, 0.5) is 5.69 Å². The highest BCUT2D eigenvalue weighted by atomic mass is 16.6. The van der Waals surface area contributed by atoms with E-state index in [1.54, 1.807) is 0 Å². The Morgan fingerprint density at radius 2 is 2.08 bits per heavy atom. The molecule has 0 spiro atoms. The van der Waals surface area contributed by atoms with Crippen molar-refractivity contribution in [2.75, 3.05) is 6.54 Å². The number of non-ortho nitro benzene ring substituents is 1. The fraction of sp³-hybridized carbons (Fsp3) is 0.400. The lowest BCUT2D eigenvalue weighted by molar-refractivity contribution is -0.384. The Kier molecular flexibility index (Phi) is 5.12. The van der Waals surface area contributed by atoms with Crippen molar-refractivity contribution in [2.45, 2.75) is 31.8 Å². The van der Waals surface area contributed by atoms with E-state index in [0.717, 1.165) is 18.9 Å². The molecule has 1 aliphatic carbocycles. The van der Waals surface area contributed by atoms with Gasteiger partial charge in [-0.15, -0.1) is 0 Å². The molecule has 0 aromatic heterocycles. The fourth-order valence-electron chi connectivity index (χ4n) is 2.27. The molecule has 9 heteroatoms. The lowest BCUT2D eigenvalue weighted by atomic mass is 10.1. The molecule has 1 atom stereocenters. The van der Waals surface area contributed by atoms with E-state index >= 15 is 0 Å². The quantitative estimate of drug-likeness (QED) is 0.559. The van der Waals surface area contributed by atoms with Gasteiger partial charge >= 0.3 is 5.97 Å². The van der Waals surface area contributed by atoms with Gasteiger partial charge in [0.2, 0.25) is 5.91 Å². The topological polar surface area (TPSA) is 130 Å². The van der Waals surface area contributed by atoms with Crippen LogP contribution in [0.2, 0.25) is 0 Å². The number of nitrogens with zero attached hydrogens (tertiary/aromatic N) is 2. The van der Waals surface area contributed by atoms with Crippen LogP contribution in [0.5, 0.6) is 0 Å². The molecule has 0 saturated heterocycles. The first-order valence-electron chi connectivity index (χ1n) is 7.37. The number of nitrogens with one attached hydrogen (secondary N) is 1. The van der Waals surface area contributed by atoms with Crippen molar-refractivity contribution in [1.82, 2.24) is 10.2 Å². The maximum atomic E-state index is 12.3. The van der Waals surface area contributed by atoms with E-state index < -0.39 is 35.3 Å². The predicted molar refractivity (Wildman–Crippen MR) is 82.4 cm³/mol. The zero-order valence-corrected chi connectivity index (χ0v) is 13.0. The number of rotatable bonds is 7. The second-order valence-electron chi connectivity index (χ2n) is 5.59. The molecule has 1 fully saturated rings. The Bertz CT molecular complexity index is 686. The number of amides is 2. The van der Waals surface area contributed by atoms with Gasteiger partial charge < -0.3 is 15.3 Å². The van der Waals surface area contributed by atoms with E-state index in [1.165, 1.54) is 30.0 Å². The summed E-state index contributed by atoms with van der Waals surface area (Å²) < 4.78 is 0. The fourth-order valence-corrected chi connectivity index (χ4v) is 2.27. The molecule has 0 aliphatic heterocycles. The Labute approximate surface area is 137 Å². The summed E-state index contributed by atoms with van der Waals surface area (Å²) in [5.74, 6) is -2.24. The molecule has 1 aromatic carbocycles. The van der Waals surface area contributed by atoms with Crippen molar-refractivity contribution in [2.24, 2.45) is 0 Å². The van der Waals surface area contributed by atoms with Crippen LogP contribution in [-0.4, -0.2) is 51.3 Å². The summed E-state index contributed by atoms with van der Waals surface area (Å²) in [6.07, 6.45) is 1.48. The van der Waals surface area contributed by atoms with E-state index in [1.807, 2.05) is 0 Å². The second kappa shape index (κ2) is 7.07. The zero-order chi connectivity index (χ0) is 17.9. The van der Waals surface area contributed by atoms with Gasteiger partial charge in [0.05, 0.1) is 4.92 Å². The van der Waals surface area contributed by atoms with Gasteiger partial charge in [-0.1, -0.05) is 6.07 Å². The number of carbonyl (C=O) groups is 3. The predicted octanol–water partition coefficient (Wildman–Crippen LogP) is 0.789. The van der Waals surface area contributed by atoms with Crippen LogP contribution in [0.25, 0.3) is 0 Å². The first-order chi connectivity index (χ1) is 11.3. The number of carboxylic acids is 1. The third kappa shape index (κ3) is 4.28. The summed E-state index contributed by atoms with van der Waals surface area (Å²) in [5, 5.41) is 22.1. The largest absolute Gasteiger partial charge is 0.480 e. The van der Waals surface area contributed by atoms with Crippen LogP contribution >= 0.6 is 0 Å². The number of benzene rings is 1. The molecule has 2 N–H and O–H groups in total. The molecular formula is C15H17N3O6. The average Bonchev–Trinajstić information content (AvgIpc) is 3.36. The summed E-state index contributed by atoms with van der Waals surface area (Å²) in [4.78, 5) is 46.7. The highest BCUT2D eigenvalue weighted by molar-refractivity contribution is 5.98. The van der Waals surface area contributed by atoms with Gasteiger partial charge in [-0.25, -0.2) is 0 Å². The summed E-state index contributed by atoms with van der Waals surface area (Å²) in [6, 6.07) is 4.10. The highest BCUT2D eigenvalue weighted by Gasteiger charge is 2.36. The van der Waals surface area contributed by atoms with Gasteiger partial charge in [-0.2, -0.15) is 0 Å². The SMILES string of the molecule is CC(NC(=O)c1cccc([N+](=O)[O-])c1)C(=O)N(CC(=O)O)C1CC1. The maximum absolute atomic E-state index is 12.3. The smallest absolute Gasteiger partial charge is 0.323 e. The van der Waals surface area contributed by atoms with Crippen LogP contribution in [0.3, 0.4) is 0 Å². The minimum absolute atomic E-state index is 0.0556. The van der Waals surface area contributed by atoms with E-state index in [4.69, 9.17) is 5.11 Å². The Morgan fingerprint density at radius 1 is 1.42 bits per heavy atom. The number of aliphatic carboxylic acids is 1. The Hall–Kier alpha value is -2.97. The summed E-state index contributed by atoms with van der Waals surface area (Å²) in [7, 11) is 0. The first-order valence-corrected chi connectivity index (χ1v) is 7.37. The standard InChI is InChI=1S/C15H17N3O6/c1-9(15(22)17(8-13(19)20)11-5-6-11)16-14(21)10-3-2-4-12(7-10)18(23)24/h2-4,7,9,11H,5-6,8H2,1H3,(H,16,21)(H,19,20). The zero-order valence-electron chi connectivity index (χ0n) is 13.0.